The summed E-state index contributed by atoms with van der Waals surface area (Å²) in [5.74, 6) is -2.20. The molecule has 0 saturated carbocycles. The number of hydrogen-bond donors (Lipinski definition) is 3. The van der Waals surface area contributed by atoms with Crippen LogP contribution < -0.4 is 0 Å². The summed E-state index contributed by atoms with van der Waals surface area (Å²) in [6, 6.07) is 0. The van der Waals surface area contributed by atoms with Crippen molar-refractivity contribution in [3.63, 3.8) is 0 Å². The Labute approximate surface area is 621 Å². The second kappa shape index (κ2) is 75.5. The molecule has 0 fully saturated rings. The highest BCUT2D eigenvalue weighted by Gasteiger charge is 2.30. The minimum absolute atomic E-state index is 0.0788. The van der Waals surface area contributed by atoms with Gasteiger partial charge in [-0.2, -0.15) is 0 Å². The number of phosphoric acid groups is 2. The number of ether oxygens (including phenoxy) is 4. The zero-order chi connectivity index (χ0) is 74.6. The first-order valence-corrected chi connectivity index (χ1v) is 43.8. The number of carbonyl (C=O) groups excluding carboxylic acids is 4. The predicted molar refractivity (Wildman–Crippen MR) is 418 cm³/mol. The van der Waals surface area contributed by atoms with E-state index in [1.54, 1.807) is 0 Å². The Morgan fingerprint density at radius 1 is 0.284 bits per heavy atom. The lowest BCUT2D eigenvalue weighted by Gasteiger charge is -2.21. The van der Waals surface area contributed by atoms with Gasteiger partial charge in [-0.1, -0.05) is 299 Å². The van der Waals surface area contributed by atoms with Crippen molar-refractivity contribution in [2.45, 2.75) is 380 Å². The molecule has 19 heteroatoms. The van der Waals surface area contributed by atoms with Gasteiger partial charge in [-0.15, -0.1) is 0 Å². The number of unbranched alkanes of at least 4 members (excludes halogenated alkanes) is 37. The fraction of sp³-hybridized carbons (Fsp3) is 0.783. The largest absolute Gasteiger partial charge is 0.472 e. The summed E-state index contributed by atoms with van der Waals surface area (Å²) < 4.78 is 68.6. The summed E-state index contributed by atoms with van der Waals surface area (Å²) in [6.45, 7) is 4.76. The molecule has 0 spiro atoms. The van der Waals surface area contributed by atoms with Crippen LogP contribution >= 0.6 is 15.6 Å². The maximum absolute atomic E-state index is 13.1. The number of aliphatic hydroxyl groups is 1. The van der Waals surface area contributed by atoms with Gasteiger partial charge in [-0.05, 0) is 122 Å². The summed E-state index contributed by atoms with van der Waals surface area (Å²) in [5.41, 5.74) is 0. The molecule has 0 rings (SSSR count). The van der Waals surface area contributed by atoms with Crippen LogP contribution in [0.1, 0.15) is 362 Å². The van der Waals surface area contributed by atoms with E-state index in [9.17, 15) is 43.2 Å². The Hall–Kier alpha value is -3.76. The third-order valence-corrected chi connectivity index (χ3v) is 19.2. The molecule has 17 nitrogen and oxygen atoms in total. The summed E-state index contributed by atoms with van der Waals surface area (Å²) in [5, 5.41) is 10.6. The van der Waals surface area contributed by atoms with Crippen molar-refractivity contribution in [2.24, 2.45) is 0 Å². The van der Waals surface area contributed by atoms with Crippen molar-refractivity contribution in [2.75, 3.05) is 39.6 Å². The number of aliphatic hydroxyl groups excluding tert-OH is 1. The lowest BCUT2D eigenvalue weighted by Crippen LogP contribution is -2.30. The fourth-order valence-electron chi connectivity index (χ4n) is 11.1. The van der Waals surface area contributed by atoms with Crippen LogP contribution in [0.4, 0.5) is 0 Å². The van der Waals surface area contributed by atoms with Crippen LogP contribution in [0.5, 0.6) is 0 Å². The molecule has 0 aliphatic carbocycles. The van der Waals surface area contributed by atoms with Crippen molar-refractivity contribution in [3.8, 4) is 0 Å². The topological polar surface area (TPSA) is 237 Å². The van der Waals surface area contributed by atoms with Gasteiger partial charge >= 0.3 is 39.5 Å². The standard InChI is InChI=1S/C83H148O17P2/c1-5-9-13-17-21-25-29-33-36-37-38-39-42-45-48-52-56-60-64-68-81(86)94-74-79(100-83(88)70-66-62-58-54-50-46-41-35-31-27-23-19-15-11-7-3)76-98-102(91,92)96-72-77(84)71-95-101(89,90)97-75-78(99-82(87)69-65-61-57-53-49-43-32-28-24-20-16-12-8-4)73-93-80(85)67-63-59-55-51-47-44-40-34-30-26-22-18-14-10-6-2/h9,13,21,25,33-36,38-41,45,48,77-79,84H,5-8,10-12,14-20,22-24,26-32,37,42-44,46-47,49-76H2,1-4H3,(H,89,90)(H,91,92)/b13-9-,25-21-,36-33-,39-38-,40-34-,41-35-,48-45-/t77-,78+,79+/m0/s1. The molecule has 0 amide bonds. The minimum atomic E-state index is -4.98. The van der Waals surface area contributed by atoms with Crippen LogP contribution in [0.3, 0.4) is 0 Å². The van der Waals surface area contributed by atoms with E-state index in [-0.39, 0.29) is 25.7 Å². The molecule has 5 atom stereocenters. The number of esters is 4. The second-order valence-corrected chi connectivity index (χ2v) is 30.2. The molecular formula is C83H148O17P2. The maximum atomic E-state index is 13.1. The first-order valence-electron chi connectivity index (χ1n) is 40.8. The highest BCUT2D eigenvalue weighted by atomic mass is 31.2. The molecule has 0 bridgehead atoms. The monoisotopic (exact) mass is 1480 g/mol. The van der Waals surface area contributed by atoms with Gasteiger partial charge in [0.25, 0.3) is 0 Å². The molecule has 0 saturated heterocycles. The number of rotatable bonds is 77. The lowest BCUT2D eigenvalue weighted by molar-refractivity contribution is -0.161. The molecule has 0 aliphatic heterocycles. The number of allylic oxidation sites excluding steroid dienone is 14. The zero-order valence-electron chi connectivity index (χ0n) is 64.8. The number of hydrogen-bond acceptors (Lipinski definition) is 15. The second-order valence-electron chi connectivity index (χ2n) is 27.3. The number of phosphoric ester groups is 2. The minimum Gasteiger partial charge on any atom is -0.462 e. The van der Waals surface area contributed by atoms with Crippen LogP contribution in [0.25, 0.3) is 0 Å². The van der Waals surface area contributed by atoms with Crippen molar-refractivity contribution in [1.82, 2.24) is 0 Å². The van der Waals surface area contributed by atoms with Gasteiger partial charge in [-0.25, -0.2) is 9.13 Å². The van der Waals surface area contributed by atoms with Crippen molar-refractivity contribution >= 4 is 39.5 Å². The van der Waals surface area contributed by atoms with Gasteiger partial charge in [0.05, 0.1) is 26.4 Å². The first-order chi connectivity index (χ1) is 49.7. The van der Waals surface area contributed by atoms with E-state index >= 15 is 0 Å². The first kappa shape index (κ1) is 98.2. The summed E-state index contributed by atoms with van der Waals surface area (Å²) in [6.07, 6.45) is 78.4. The van der Waals surface area contributed by atoms with Crippen molar-refractivity contribution in [1.29, 1.82) is 0 Å². The number of carbonyl (C=O) groups is 4. The summed E-state index contributed by atoms with van der Waals surface area (Å²) in [7, 11) is -9.96. The van der Waals surface area contributed by atoms with E-state index in [1.807, 2.05) is 0 Å². The molecule has 0 aliphatic rings. The Morgan fingerprint density at radius 2 is 0.510 bits per heavy atom. The Bertz CT molecular complexity index is 2260. The molecule has 0 aromatic rings. The lowest BCUT2D eigenvalue weighted by atomic mass is 10.0. The Kier molecular flexibility index (Phi) is 72.7. The molecule has 2 unspecified atom stereocenters. The van der Waals surface area contributed by atoms with Crippen LogP contribution in [0.15, 0.2) is 85.1 Å². The van der Waals surface area contributed by atoms with E-state index in [4.69, 9.17) is 37.0 Å². The van der Waals surface area contributed by atoms with E-state index in [0.717, 1.165) is 154 Å². The van der Waals surface area contributed by atoms with E-state index in [1.165, 1.54) is 128 Å². The Balaban J connectivity index is 5.37. The average Bonchev–Trinajstić information content (AvgIpc) is 0.924. The van der Waals surface area contributed by atoms with E-state index < -0.39 is 97.5 Å². The van der Waals surface area contributed by atoms with Crippen LogP contribution in [-0.2, 0) is 65.4 Å². The van der Waals surface area contributed by atoms with Gasteiger partial charge in [0.2, 0.25) is 0 Å². The van der Waals surface area contributed by atoms with Crippen molar-refractivity contribution in [3.05, 3.63) is 85.1 Å². The van der Waals surface area contributed by atoms with Gasteiger partial charge in [0.1, 0.15) is 19.3 Å². The van der Waals surface area contributed by atoms with Crippen LogP contribution in [0.2, 0.25) is 0 Å². The smallest absolute Gasteiger partial charge is 0.462 e. The SMILES string of the molecule is CC/C=C\C/C=C\C/C=C\C/C=C\C/C=C\CCCCCC(=O)OC[C@H](COP(=O)(O)OC[C@@H](O)COP(=O)(O)OC[C@@H](COC(=O)CCCCCCC/C=C\CCCCCCCC)OC(=O)CCCCCCCCCCCCCCC)OC(=O)CCCCCCC/C=C\CCCCCCCC. The summed E-state index contributed by atoms with van der Waals surface area (Å²) in [4.78, 5) is 73.0. The quantitative estimate of drug-likeness (QED) is 0.0169. The van der Waals surface area contributed by atoms with Gasteiger partial charge in [0.15, 0.2) is 12.2 Å². The molecule has 0 aromatic heterocycles. The van der Waals surface area contributed by atoms with Crippen LogP contribution in [0, 0.1) is 0 Å². The highest BCUT2D eigenvalue weighted by Crippen LogP contribution is 2.45. The molecule has 0 heterocycles. The van der Waals surface area contributed by atoms with E-state index in [2.05, 4.69) is 113 Å². The zero-order valence-corrected chi connectivity index (χ0v) is 66.6. The highest BCUT2D eigenvalue weighted by molar-refractivity contribution is 7.47. The third-order valence-electron chi connectivity index (χ3n) is 17.3. The molecule has 0 aromatic carbocycles. The normalized spacial score (nSPS) is 14.3. The molecule has 0 radical (unpaired) electrons. The summed E-state index contributed by atoms with van der Waals surface area (Å²) >= 11 is 0. The van der Waals surface area contributed by atoms with Gasteiger partial charge in [-0.3, -0.25) is 37.3 Å². The van der Waals surface area contributed by atoms with Crippen LogP contribution in [-0.4, -0.2) is 96.7 Å². The fourth-order valence-corrected chi connectivity index (χ4v) is 12.7. The van der Waals surface area contributed by atoms with Gasteiger partial charge < -0.3 is 33.8 Å². The third kappa shape index (κ3) is 74.5. The molecular weight excluding hydrogens is 1330 g/mol. The van der Waals surface area contributed by atoms with E-state index in [0.29, 0.717) is 25.7 Å². The molecule has 102 heavy (non-hydrogen) atoms. The average molecular weight is 1480 g/mol. The Morgan fingerprint density at radius 3 is 0.804 bits per heavy atom. The molecule has 3 N–H and O–H groups in total. The van der Waals surface area contributed by atoms with Gasteiger partial charge in [0, 0.05) is 25.7 Å². The maximum Gasteiger partial charge on any atom is 0.472 e. The molecule has 592 valence electrons. The van der Waals surface area contributed by atoms with Crippen molar-refractivity contribution < 1.29 is 80.2 Å². The predicted octanol–water partition coefficient (Wildman–Crippen LogP) is 23.8.